The second-order valence-electron chi connectivity index (χ2n) is 5.85. The minimum atomic E-state index is -0.770. The number of benzene rings is 1. The SMILES string of the molecule is CN1CCC(NC(=O)NCC(O)COc2ccc(Cl)cc2)CC1. The number of piperidine rings is 1. The second-order valence-corrected chi connectivity index (χ2v) is 6.29. The van der Waals surface area contributed by atoms with E-state index < -0.39 is 6.10 Å². The van der Waals surface area contributed by atoms with Gasteiger partial charge in [-0.25, -0.2) is 4.79 Å². The molecule has 23 heavy (non-hydrogen) atoms. The fourth-order valence-electron chi connectivity index (χ4n) is 2.38. The monoisotopic (exact) mass is 341 g/mol. The highest BCUT2D eigenvalue weighted by Gasteiger charge is 2.18. The molecule has 1 saturated heterocycles. The number of aliphatic hydroxyl groups is 1. The number of amides is 2. The van der Waals surface area contributed by atoms with Crippen molar-refractivity contribution in [2.24, 2.45) is 0 Å². The van der Waals surface area contributed by atoms with Crippen LogP contribution in [-0.4, -0.2) is 61.5 Å². The van der Waals surface area contributed by atoms with Gasteiger partial charge in [0.2, 0.25) is 0 Å². The Bertz CT molecular complexity index is 490. The molecular formula is C16H24ClN3O3. The number of aliphatic hydroxyl groups excluding tert-OH is 1. The lowest BCUT2D eigenvalue weighted by molar-refractivity contribution is 0.107. The van der Waals surface area contributed by atoms with E-state index in [4.69, 9.17) is 16.3 Å². The lowest BCUT2D eigenvalue weighted by Crippen LogP contribution is -2.48. The Balaban J connectivity index is 1.60. The smallest absolute Gasteiger partial charge is 0.315 e. The van der Waals surface area contributed by atoms with Gasteiger partial charge in [-0.3, -0.25) is 0 Å². The minimum absolute atomic E-state index is 0.107. The average molecular weight is 342 g/mol. The van der Waals surface area contributed by atoms with Gasteiger partial charge >= 0.3 is 6.03 Å². The van der Waals surface area contributed by atoms with E-state index in [1.807, 2.05) is 0 Å². The molecule has 1 unspecified atom stereocenters. The minimum Gasteiger partial charge on any atom is -0.491 e. The van der Waals surface area contributed by atoms with Gasteiger partial charge in [-0.15, -0.1) is 0 Å². The topological polar surface area (TPSA) is 73.8 Å². The number of carbonyl (C=O) groups excluding carboxylic acids is 1. The number of nitrogens with one attached hydrogen (secondary N) is 2. The van der Waals surface area contributed by atoms with E-state index in [-0.39, 0.29) is 25.2 Å². The number of carbonyl (C=O) groups is 1. The molecule has 3 N–H and O–H groups in total. The van der Waals surface area contributed by atoms with Crippen LogP contribution in [0.25, 0.3) is 0 Å². The molecule has 1 heterocycles. The third kappa shape index (κ3) is 6.64. The van der Waals surface area contributed by atoms with Crippen molar-refractivity contribution in [1.82, 2.24) is 15.5 Å². The molecule has 2 amide bonds. The number of rotatable bonds is 6. The fourth-order valence-corrected chi connectivity index (χ4v) is 2.51. The van der Waals surface area contributed by atoms with Crippen LogP contribution in [0.5, 0.6) is 5.75 Å². The van der Waals surface area contributed by atoms with Crippen molar-refractivity contribution in [3.8, 4) is 5.75 Å². The highest BCUT2D eigenvalue weighted by Crippen LogP contribution is 2.15. The Kier molecular flexibility index (Phi) is 6.95. The van der Waals surface area contributed by atoms with Crippen molar-refractivity contribution in [2.45, 2.75) is 25.0 Å². The Morgan fingerprint density at radius 3 is 2.70 bits per heavy atom. The van der Waals surface area contributed by atoms with E-state index in [1.165, 1.54) is 0 Å². The van der Waals surface area contributed by atoms with Gasteiger partial charge in [0.25, 0.3) is 0 Å². The zero-order chi connectivity index (χ0) is 16.7. The highest BCUT2D eigenvalue weighted by atomic mass is 35.5. The van der Waals surface area contributed by atoms with Gasteiger partial charge in [-0.1, -0.05) is 11.6 Å². The Hall–Kier alpha value is -1.50. The van der Waals surface area contributed by atoms with Crippen LogP contribution in [0.2, 0.25) is 5.02 Å². The second kappa shape index (κ2) is 8.96. The molecule has 0 aliphatic carbocycles. The molecule has 1 fully saturated rings. The van der Waals surface area contributed by atoms with Crippen LogP contribution in [0.3, 0.4) is 0 Å². The van der Waals surface area contributed by atoms with Gasteiger partial charge in [0, 0.05) is 17.6 Å². The van der Waals surface area contributed by atoms with Crippen molar-refractivity contribution in [2.75, 3.05) is 33.3 Å². The largest absolute Gasteiger partial charge is 0.491 e. The first-order chi connectivity index (χ1) is 11.0. The first-order valence-electron chi connectivity index (χ1n) is 7.82. The third-order valence-electron chi connectivity index (χ3n) is 3.81. The lowest BCUT2D eigenvalue weighted by atomic mass is 10.1. The van der Waals surface area contributed by atoms with E-state index in [0.717, 1.165) is 25.9 Å². The van der Waals surface area contributed by atoms with Crippen LogP contribution in [0, 0.1) is 0 Å². The maximum atomic E-state index is 11.8. The Morgan fingerprint density at radius 2 is 2.04 bits per heavy atom. The Morgan fingerprint density at radius 1 is 1.39 bits per heavy atom. The summed E-state index contributed by atoms with van der Waals surface area (Å²) in [7, 11) is 2.08. The number of nitrogens with zero attached hydrogens (tertiary/aromatic N) is 1. The molecule has 1 aromatic carbocycles. The van der Waals surface area contributed by atoms with Crippen LogP contribution in [0.4, 0.5) is 4.79 Å². The van der Waals surface area contributed by atoms with E-state index in [0.29, 0.717) is 10.8 Å². The van der Waals surface area contributed by atoms with Crippen LogP contribution in [-0.2, 0) is 0 Å². The number of hydrogen-bond donors (Lipinski definition) is 3. The number of urea groups is 1. The molecule has 1 aromatic rings. The van der Waals surface area contributed by atoms with Crippen LogP contribution in [0.1, 0.15) is 12.8 Å². The zero-order valence-electron chi connectivity index (χ0n) is 13.3. The fraction of sp³-hybridized carbons (Fsp3) is 0.562. The first-order valence-corrected chi connectivity index (χ1v) is 8.20. The molecule has 0 radical (unpaired) electrons. The van der Waals surface area contributed by atoms with Crippen molar-refractivity contribution < 1.29 is 14.6 Å². The lowest BCUT2D eigenvalue weighted by Gasteiger charge is -2.29. The normalized spacial score (nSPS) is 17.5. The van der Waals surface area contributed by atoms with Crippen LogP contribution >= 0.6 is 11.6 Å². The van der Waals surface area contributed by atoms with E-state index in [9.17, 15) is 9.90 Å². The molecule has 7 heteroatoms. The molecule has 0 spiro atoms. The molecule has 1 atom stereocenters. The summed E-state index contributed by atoms with van der Waals surface area (Å²) in [5.41, 5.74) is 0. The Labute approximate surface area is 141 Å². The molecule has 1 aliphatic heterocycles. The molecule has 6 nitrogen and oxygen atoms in total. The van der Waals surface area contributed by atoms with Crippen molar-refractivity contribution >= 4 is 17.6 Å². The van der Waals surface area contributed by atoms with E-state index in [2.05, 4.69) is 22.6 Å². The van der Waals surface area contributed by atoms with Gasteiger partial charge in [0.05, 0.1) is 0 Å². The first kappa shape index (κ1) is 17.8. The predicted octanol–water partition coefficient (Wildman–Crippen LogP) is 1.47. The van der Waals surface area contributed by atoms with Crippen molar-refractivity contribution in [1.29, 1.82) is 0 Å². The van der Waals surface area contributed by atoms with Gasteiger partial charge < -0.3 is 25.4 Å². The average Bonchev–Trinajstić information content (AvgIpc) is 2.54. The quantitative estimate of drug-likeness (QED) is 0.732. The summed E-state index contributed by atoms with van der Waals surface area (Å²) >= 11 is 5.78. The third-order valence-corrected chi connectivity index (χ3v) is 4.06. The molecule has 128 valence electrons. The van der Waals surface area contributed by atoms with Gasteiger partial charge in [0.15, 0.2) is 0 Å². The molecule has 1 aliphatic rings. The number of ether oxygens (including phenoxy) is 1. The maximum absolute atomic E-state index is 11.8. The number of hydrogen-bond acceptors (Lipinski definition) is 4. The molecule has 0 saturated carbocycles. The molecular weight excluding hydrogens is 318 g/mol. The summed E-state index contributed by atoms with van der Waals surface area (Å²) in [5, 5.41) is 16.1. The van der Waals surface area contributed by atoms with Crippen molar-refractivity contribution in [3.63, 3.8) is 0 Å². The van der Waals surface area contributed by atoms with Gasteiger partial charge in [-0.05, 0) is 57.2 Å². The summed E-state index contributed by atoms with van der Waals surface area (Å²) in [6.07, 6.45) is 1.13. The van der Waals surface area contributed by atoms with Gasteiger partial charge in [0.1, 0.15) is 18.5 Å². The zero-order valence-corrected chi connectivity index (χ0v) is 14.1. The van der Waals surface area contributed by atoms with E-state index >= 15 is 0 Å². The number of likely N-dealkylation sites (tertiary alicyclic amines) is 1. The molecule has 0 bridgehead atoms. The maximum Gasteiger partial charge on any atom is 0.315 e. The summed E-state index contributed by atoms with van der Waals surface area (Å²) in [6, 6.07) is 6.86. The predicted molar refractivity (Wildman–Crippen MR) is 90.0 cm³/mol. The summed E-state index contributed by atoms with van der Waals surface area (Å²) in [6.45, 7) is 2.23. The van der Waals surface area contributed by atoms with Crippen LogP contribution in [0.15, 0.2) is 24.3 Å². The van der Waals surface area contributed by atoms with Gasteiger partial charge in [-0.2, -0.15) is 0 Å². The van der Waals surface area contributed by atoms with Crippen molar-refractivity contribution in [3.05, 3.63) is 29.3 Å². The summed E-state index contributed by atoms with van der Waals surface area (Å²) in [5.74, 6) is 0.629. The highest BCUT2D eigenvalue weighted by molar-refractivity contribution is 6.30. The molecule has 2 rings (SSSR count). The molecule has 0 aromatic heterocycles. The summed E-state index contributed by atoms with van der Waals surface area (Å²) < 4.78 is 5.43. The van der Waals surface area contributed by atoms with Crippen LogP contribution < -0.4 is 15.4 Å². The van der Waals surface area contributed by atoms with E-state index in [1.54, 1.807) is 24.3 Å². The standard InChI is InChI=1S/C16H24ClN3O3/c1-20-8-6-13(7-9-20)19-16(22)18-10-14(21)11-23-15-4-2-12(17)3-5-15/h2-5,13-14,21H,6-11H2,1H3,(H2,18,19,22). The number of halogens is 1. The summed E-state index contributed by atoms with van der Waals surface area (Å²) in [4.78, 5) is 14.1.